The molecule has 2 saturated heterocycles. The van der Waals surface area contributed by atoms with Gasteiger partial charge < -0.3 is 25.0 Å². The number of anilines is 5. The lowest BCUT2D eigenvalue weighted by Crippen LogP contribution is -2.58. The Labute approximate surface area is 264 Å². The van der Waals surface area contributed by atoms with Crippen LogP contribution < -0.4 is 20.8 Å². The molecule has 4 aromatic rings. The lowest BCUT2D eigenvalue weighted by molar-refractivity contribution is 0.00130. The Kier molecular flexibility index (Phi) is 8.31. The quantitative estimate of drug-likeness (QED) is 0.187. The fourth-order valence-corrected chi connectivity index (χ4v) is 8.78. The van der Waals surface area contributed by atoms with Crippen molar-refractivity contribution in [3.63, 3.8) is 0 Å². The second-order valence-electron chi connectivity index (χ2n) is 12.7. The first kappa shape index (κ1) is 30.1. The molecular weight excluding hydrogens is 619 g/mol. The van der Waals surface area contributed by atoms with Crippen molar-refractivity contribution < 1.29 is 4.57 Å². The van der Waals surface area contributed by atoms with Crippen molar-refractivity contribution in [3.05, 3.63) is 70.3 Å². The van der Waals surface area contributed by atoms with Gasteiger partial charge in [0.05, 0.1) is 10.2 Å². The molecule has 1 aromatic heterocycles. The zero-order valence-corrected chi connectivity index (χ0v) is 28.4. The molecule has 2 fully saturated rings. The first-order chi connectivity index (χ1) is 20.6. The molecule has 3 heterocycles. The van der Waals surface area contributed by atoms with Crippen LogP contribution in [0.4, 0.5) is 28.8 Å². The summed E-state index contributed by atoms with van der Waals surface area (Å²) in [6, 6.07) is 16.8. The van der Waals surface area contributed by atoms with Crippen molar-refractivity contribution in [2.75, 3.05) is 62.1 Å². The van der Waals surface area contributed by atoms with Crippen molar-refractivity contribution in [2.45, 2.75) is 39.5 Å². The minimum atomic E-state index is -2.61. The van der Waals surface area contributed by atoms with E-state index in [0.717, 1.165) is 57.9 Å². The van der Waals surface area contributed by atoms with Crippen molar-refractivity contribution in [3.8, 4) is 0 Å². The summed E-state index contributed by atoms with van der Waals surface area (Å²) in [7, 11) is -0.377. The van der Waals surface area contributed by atoms with E-state index >= 15 is 0 Å². The minimum absolute atomic E-state index is 0.516. The van der Waals surface area contributed by atoms with Gasteiger partial charge in [0.25, 0.3) is 0 Å². The molecule has 2 aliphatic rings. The molecule has 0 atom stereocenters. The SMILES string of the molecule is CCc1cc(N2CCC3(CC2)CN(C)C3)c(CC)cc1Nc1ncc(Br)c(Nc2ccc3ccccc3c2P(C)(C)=O)n1. The molecular formula is C34H42BrN6OP. The zero-order valence-electron chi connectivity index (χ0n) is 25.9. The molecule has 43 heavy (non-hydrogen) atoms. The van der Waals surface area contributed by atoms with Crippen LogP contribution in [0.3, 0.4) is 0 Å². The van der Waals surface area contributed by atoms with Gasteiger partial charge in [-0.25, -0.2) is 4.98 Å². The average Bonchev–Trinajstić information content (AvgIpc) is 2.97. The van der Waals surface area contributed by atoms with E-state index in [1.807, 2.05) is 37.6 Å². The summed E-state index contributed by atoms with van der Waals surface area (Å²) in [6.07, 6.45) is 6.18. The second-order valence-corrected chi connectivity index (χ2v) is 16.7. The van der Waals surface area contributed by atoms with Gasteiger partial charge in [-0.2, -0.15) is 4.98 Å². The van der Waals surface area contributed by atoms with Gasteiger partial charge in [0.15, 0.2) is 0 Å². The van der Waals surface area contributed by atoms with E-state index in [-0.39, 0.29) is 0 Å². The maximum atomic E-state index is 13.5. The first-order valence-corrected chi connectivity index (χ1v) is 18.7. The zero-order chi connectivity index (χ0) is 30.4. The smallest absolute Gasteiger partial charge is 0.229 e. The molecule has 2 N–H and O–H groups in total. The summed E-state index contributed by atoms with van der Waals surface area (Å²) >= 11 is 3.63. The van der Waals surface area contributed by atoms with Crippen LogP contribution in [-0.2, 0) is 17.4 Å². The highest BCUT2D eigenvalue weighted by molar-refractivity contribution is 9.10. The van der Waals surface area contributed by atoms with E-state index in [1.54, 1.807) is 6.20 Å². The van der Waals surface area contributed by atoms with E-state index in [1.165, 1.54) is 42.7 Å². The molecule has 226 valence electrons. The molecule has 0 unspecified atom stereocenters. The summed E-state index contributed by atoms with van der Waals surface area (Å²) in [4.78, 5) is 14.5. The number of aromatic nitrogens is 2. The summed E-state index contributed by atoms with van der Waals surface area (Å²) in [5.41, 5.74) is 6.35. The standard InChI is InChI=1S/C34H42BrN6OP/c1-6-23-19-30(41-16-14-34(15-17-41)21-40(3)22-34)24(7-2)18-29(23)38-33-36-20-27(35)32(39-33)37-28-13-12-25-10-8-9-11-26(25)31(28)43(4,5)42/h8-13,18-20H,6-7,14-17,21-22H2,1-5H3,(H2,36,37,38,39). The second kappa shape index (κ2) is 11.9. The van der Waals surface area contributed by atoms with E-state index in [4.69, 9.17) is 4.98 Å². The number of nitrogens with zero attached hydrogens (tertiary/aromatic N) is 4. The Hall–Kier alpha value is -2.93. The molecule has 2 aliphatic heterocycles. The number of hydrogen-bond donors (Lipinski definition) is 2. The normalized spacial score (nSPS) is 16.8. The molecule has 9 heteroatoms. The van der Waals surface area contributed by atoms with Crippen LogP contribution in [0.1, 0.15) is 37.8 Å². The van der Waals surface area contributed by atoms with Crippen molar-refractivity contribution >= 4 is 68.0 Å². The molecule has 0 radical (unpaired) electrons. The molecule has 0 amide bonds. The lowest BCUT2D eigenvalue weighted by Gasteiger charge is -2.53. The molecule has 0 aliphatic carbocycles. The van der Waals surface area contributed by atoms with Gasteiger partial charge in [-0.15, -0.1) is 0 Å². The van der Waals surface area contributed by atoms with Crippen LogP contribution in [-0.4, -0.2) is 61.4 Å². The number of aryl methyl sites for hydroxylation is 2. The van der Waals surface area contributed by atoms with Crippen LogP contribution in [0.5, 0.6) is 0 Å². The number of fused-ring (bicyclic) bond motifs is 1. The fourth-order valence-electron chi connectivity index (χ4n) is 7.00. The third-order valence-electron chi connectivity index (χ3n) is 9.12. The Morgan fingerprint density at radius 3 is 2.35 bits per heavy atom. The van der Waals surface area contributed by atoms with Crippen LogP contribution in [0.15, 0.2) is 59.2 Å². The predicted molar refractivity (Wildman–Crippen MR) is 186 cm³/mol. The van der Waals surface area contributed by atoms with Crippen LogP contribution in [0, 0.1) is 5.41 Å². The molecule has 3 aromatic carbocycles. The van der Waals surface area contributed by atoms with Gasteiger partial charge in [0.1, 0.15) is 13.0 Å². The van der Waals surface area contributed by atoms with Gasteiger partial charge >= 0.3 is 0 Å². The average molecular weight is 662 g/mol. The van der Waals surface area contributed by atoms with E-state index < -0.39 is 7.14 Å². The highest BCUT2D eigenvalue weighted by Gasteiger charge is 2.43. The number of rotatable bonds is 8. The third-order valence-corrected chi connectivity index (χ3v) is 11.3. The monoisotopic (exact) mass is 660 g/mol. The van der Waals surface area contributed by atoms with E-state index in [2.05, 4.69) is 86.5 Å². The summed E-state index contributed by atoms with van der Waals surface area (Å²) in [5, 5.41) is 9.89. The van der Waals surface area contributed by atoms with E-state index in [0.29, 0.717) is 17.2 Å². The maximum Gasteiger partial charge on any atom is 0.229 e. The van der Waals surface area contributed by atoms with Gasteiger partial charge in [-0.1, -0.05) is 44.2 Å². The molecule has 0 bridgehead atoms. The van der Waals surface area contributed by atoms with Crippen LogP contribution in [0.25, 0.3) is 10.8 Å². The Morgan fingerprint density at radius 1 is 0.953 bits per heavy atom. The predicted octanol–water partition coefficient (Wildman–Crippen LogP) is 7.78. The van der Waals surface area contributed by atoms with Crippen molar-refractivity contribution in [1.82, 2.24) is 14.9 Å². The Balaban J connectivity index is 1.27. The Bertz CT molecular complexity index is 1700. The lowest BCUT2D eigenvalue weighted by atomic mass is 9.72. The topological polar surface area (TPSA) is 73.4 Å². The molecule has 0 saturated carbocycles. The number of likely N-dealkylation sites (tertiary alicyclic amines) is 1. The molecule has 1 spiro atoms. The van der Waals surface area contributed by atoms with Crippen LogP contribution in [0.2, 0.25) is 0 Å². The van der Waals surface area contributed by atoms with Gasteiger partial charge in [-0.3, -0.25) is 0 Å². The minimum Gasteiger partial charge on any atom is -0.371 e. The number of hydrogen-bond acceptors (Lipinski definition) is 7. The fraction of sp³-hybridized carbons (Fsp3) is 0.412. The van der Waals surface area contributed by atoms with Gasteiger partial charge in [0, 0.05) is 49.1 Å². The Morgan fingerprint density at radius 2 is 1.67 bits per heavy atom. The largest absolute Gasteiger partial charge is 0.371 e. The summed E-state index contributed by atoms with van der Waals surface area (Å²) < 4.78 is 14.2. The maximum absolute atomic E-state index is 13.5. The molecule has 7 nitrogen and oxygen atoms in total. The number of nitrogens with one attached hydrogen (secondary N) is 2. The molecule has 6 rings (SSSR count). The van der Waals surface area contributed by atoms with Gasteiger partial charge in [-0.05, 0) is 108 Å². The van der Waals surface area contributed by atoms with Crippen molar-refractivity contribution in [1.29, 1.82) is 0 Å². The summed E-state index contributed by atoms with van der Waals surface area (Å²) in [5.74, 6) is 1.14. The number of halogens is 1. The highest BCUT2D eigenvalue weighted by atomic mass is 79.9. The number of benzene rings is 3. The van der Waals surface area contributed by atoms with Gasteiger partial charge in [0.2, 0.25) is 5.95 Å². The first-order valence-electron chi connectivity index (χ1n) is 15.3. The van der Waals surface area contributed by atoms with Crippen LogP contribution >= 0.6 is 23.1 Å². The highest BCUT2D eigenvalue weighted by Crippen LogP contribution is 2.43. The summed E-state index contributed by atoms with van der Waals surface area (Å²) in [6.45, 7) is 12.8. The third kappa shape index (κ3) is 6.07. The van der Waals surface area contributed by atoms with E-state index in [9.17, 15) is 4.57 Å². The number of piperidine rings is 1. The van der Waals surface area contributed by atoms with Crippen molar-refractivity contribution in [2.24, 2.45) is 5.41 Å².